The summed E-state index contributed by atoms with van der Waals surface area (Å²) in [6.45, 7) is 0. The van der Waals surface area contributed by atoms with Crippen LogP contribution in [0, 0.1) is 0 Å². The third kappa shape index (κ3) is 2.30. The summed E-state index contributed by atoms with van der Waals surface area (Å²) in [5.41, 5.74) is 2.65. The van der Waals surface area contributed by atoms with Crippen molar-refractivity contribution in [2.45, 2.75) is 4.90 Å². The maximum atomic E-state index is 12.9. The van der Waals surface area contributed by atoms with Crippen LogP contribution >= 0.6 is 0 Å². The summed E-state index contributed by atoms with van der Waals surface area (Å²) in [5.74, 6) is 0. The van der Waals surface area contributed by atoms with Gasteiger partial charge in [-0.25, -0.2) is 12.4 Å². The summed E-state index contributed by atoms with van der Waals surface area (Å²) in [5, 5.41) is 0.892. The van der Waals surface area contributed by atoms with E-state index in [1.165, 1.54) is 3.97 Å². The van der Waals surface area contributed by atoms with E-state index < -0.39 is 10.0 Å². The number of benzene rings is 2. The van der Waals surface area contributed by atoms with Crippen molar-refractivity contribution in [2.75, 3.05) is 0 Å². The number of rotatable bonds is 3. The van der Waals surface area contributed by atoms with Crippen molar-refractivity contribution in [3.8, 4) is 11.1 Å². The lowest BCUT2D eigenvalue weighted by Crippen LogP contribution is -2.11. The van der Waals surface area contributed by atoms with Crippen LogP contribution in [0.5, 0.6) is 0 Å². The van der Waals surface area contributed by atoms with Crippen molar-refractivity contribution >= 4 is 20.9 Å². The quantitative estimate of drug-likeness (QED) is 0.570. The van der Waals surface area contributed by atoms with E-state index in [0.29, 0.717) is 5.52 Å². The average molecular weight is 334 g/mol. The Hall–Kier alpha value is -2.92. The van der Waals surface area contributed by atoms with Crippen LogP contribution in [0.4, 0.5) is 0 Å². The normalized spacial score (nSPS) is 11.7. The first-order valence-electron chi connectivity index (χ1n) is 7.49. The third-order valence-electron chi connectivity index (χ3n) is 3.99. The first-order valence-corrected chi connectivity index (χ1v) is 8.93. The second kappa shape index (κ2) is 5.62. The molecule has 0 aliphatic heterocycles. The fraction of sp³-hybridized carbons (Fsp3) is 0. The molecule has 4 aromatic rings. The highest BCUT2D eigenvalue weighted by atomic mass is 32.2. The number of hydrogen-bond acceptors (Lipinski definition) is 3. The summed E-state index contributed by atoms with van der Waals surface area (Å²) in [6.07, 6.45) is 5.06. The fourth-order valence-electron chi connectivity index (χ4n) is 2.84. The van der Waals surface area contributed by atoms with Gasteiger partial charge in [-0.3, -0.25) is 4.98 Å². The van der Waals surface area contributed by atoms with Gasteiger partial charge in [-0.05, 0) is 47.5 Å². The molecular weight excluding hydrogens is 320 g/mol. The molecule has 2 heterocycles. The van der Waals surface area contributed by atoms with Gasteiger partial charge in [0.25, 0.3) is 10.0 Å². The van der Waals surface area contributed by atoms with Gasteiger partial charge in [0.15, 0.2) is 0 Å². The Bertz CT molecular complexity index is 1100. The predicted molar refractivity (Wildman–Crippen MR) is 94.2 cm³/mol. The summed E-state index contributed by atoms with van der Waals surface area (Å²) in [6, 6.07) is 19.8. The van der Waals surface area contributed by atoms with E-state index in [2.05, 4.69) is 4.98 Å². The minimum Gasteiger partial charge on any atom is -0.265 e. The largest absolute Gasteiger partial charge is 0.268 e. The second-order valence-corrected chi connectivity index (χ2v) is 7.22. The van der Waals surface area contributed by atoms with Gasteiger partial charge in [0.1, 0.15) is 0 Å². The first-order chi connectivity index (χ1) is 11.7. The van der Waals surface area contributed by atoms with Gasteiger partial charge in [-0.15, -0.1) is 0 Å². The lowest BCUT2D eigenvalue weighted by Gasteiger charge is -2.09. The fourth-order valence-corrected chi connectivity index (χ4v) is 4.21. The van der Waals surface area contributed by atoms with E-state index in [1.54, 1.807) is 48.9 Å². The van der Waals surface area contributed by atoms with E-state index in [9.17, 15) is 8.42 Å². The van der Waals surface area contributed by atoms with Gasteiger partial charge in [-0.1, -0.05) is 30.3 Å². The molecular formula is C19H14N2O2S. The maximum Gasteiger partial charge on any atom is 0.268 e. The molecule has 2 aromatic carbocycles. The lowest BCUT2D eigenvalue weighted by atomic mass is 10.0. The smallest absolute Gasteiger partial charge is 0.265 e. The third-order valence-corrected chi connectivity index (χ3v) is 5.69. The van der Waals surface area contributed by atoms with E-state index in [-0.39, 0.29) is 4.90 Å². The van der Waals surface area contributed by atoms with Gasteiger partial charge in [0, 0.05) is 24.0 Å². The van der Waals surface area contributed by atoms with Crippen molar-refractivity contribution in [1.29, 1.82) is 0 Å². The summed E-state index contributed by atoms with van der Waals surface area (Å²) in [7, 11) is -3.62. The van der Waals surface area contributed by atoms with Gasteiger partial charge < -0.3 is 0 Å². The van der Waals surface area contributed by atoms with E-state index in [1.807, 2.05) is 36.4 Å². The Kier molecular flexibility index (Phi) is 3.43. The highest BCUT2D eigenvalue weighted by molar-refractivity contribution is 7.90. The molecule has 118 valence electrons. The molecule has 4 nitrogen and oxygen atoms in total. The van der Waals surface area contributed by atoms with Crippen LogP contribution in [0.2, 0.25) is 0 Å². The molecule has 24 heavy (non-hydrogen) atoms. The molecule has 0 fully saturated rings. The SMILES string of the molecule is O=S(=O)(c1ccccc1)n1ccc2c(-c3ccncc3)cccc21. The van der Waals surface area contributed by atoms with E-state index >= 15 is 0 Å². The zero-order valence-corrected chi connectivity index (χ0v) is 13.5. The molecule has 5 heteroatoms. The minimum atomic E-state index is -3.62. The van der Waals surface area contributed by atoms with Crippen LogP contribution < -0.4 is 0 Å². The number of pyridine rings is 1. The molecule has 0 spiro atoms. The zero-order chi connectivity index (χ0) is 16.6. The molecule has 0 unspecified atom stereocenters. The Morgan fingerprint density at radius 2 is 1.54 bits per heavy atom. The van der Waals surface area contributed by atoms with Crippen LogP contribution in [0.15, 0.2) is 90.2 Å². The van der Waals surface area contributed by atoms with Crippen LogP contribution in [-0.4, -0.2) is 17.4 Å². The van der Waals surface area contributed by atoms with E-state index in [4.69, 9.17) is 0 Å². The minimum absolute atomic E-state index is 0.275. The monoisotopic (exact) mass is 334 g/mol. The Morgan fingerprint density at radius 3 is 2.29 bits per heavy atom. The van der Waals surface area contributed by atoms with Gasteiger partial charge in [0.05, 0.1) is 10.4 Å². The van der Waals surface area contributed by atoms with Gasteiger partial charge in [-0.2, -0.15) is 0 Å². The van der Waals surface area contributed by atoms with Gasteiger partial charge in [0.2, 0.25) is 0 Å². The Labute approximate surface area is 140 Å². The van der Waals surface area contributed by atoms with Crippen molar-refractivity contribution in [3.05, 3.63) is 85.3 Å². The molecule has 0 N–H and O–H groups in total. The zero-order valence-electron chi connectivity index (χ0n) is 12.7. The molecule has 0 saturated heterocycles. The molecule has 4 rings (SSSR count). The van der Waals surface area contributed by atoms with E-state index in [0.717, 1.165) is 16.5 Å². The number of fused-ring (bicyclic) bond motifs is 1. The summed E-state index contributed by atoms with van der Waals surface area (Å²) in [4.78, 5) is 4.31. The Morgan fingerprint density at radius 1 is 0.792 bits per heavy atom. The number of nitrogens with zero attached hydrogens (tertiary/aromatic N) is 2. The van der Waals surface area contributed by atoms with Crippen molar-refractivity contribution in [2.24, 2.45) is 0 Å². The second-order valence-electron chi connectivity index (χ2n) is 5.40. The molecule has 0 aliphatic carbocycles. The standard InChI is InChI=1S/C19H14N2O2S/c22-24(23,16-5-2-1-3-6-16)21-14-11-18-17(7-4-8-19(18)21)15-9-12-20-13-10-15/h1-14H. The van der Waals surface area contributed by atoms with Crippen LogP contribution in [-0.2, 0) is 10.0 Å². The van der Waals surface area contributed by atoms with Crippen LogP contribution in [0.1, 0.15) is 0 Å². The van der Waals surface area contributed by atoms with Crippen molar-refractivity contribution < 1.29 is 8.42 Å². The van der Waals surface area contributed by atoms with Crippen LogP contribution in [0.25, 0.3) is 22.0 Å². The van der Waals surface area contributed by atoms with Crippen molar-refractivity contribution in [3.63, 3.8) is 0 Å². The molecule has 0 atom stereocenters. The highest BCUT2D eigenvalue weighted by Gasteiger charge is 2.19. The number of aromatic nitrogens is 2. The average Bonchev–Trinajstić information content (AvgIpc) is 3.08. The molecule has 2 aromatic heterocycles. The molecule has 0 bridgehead atoms. The highest BCUT2D eigenvalue weighted by Crippen LogP contribution is 2.30. The first kappa shape index (κ1) is 14.7. The maximum absolute atomic E-state index is 12.9. The summed E-state index contributed by atoms with van der Waals surface area (Å²) >= 11 is 0. The molecule has 0 amide bonds. The molecule has 0 radical (unpaired) electrons. The molecule has 0 aliphatic rings. The summed E-state index contributed by atoms with van der Waals surface area (Å²) < 4.78 is 27.2. The lowest BCUT2D eigenvalue weighted by molar-refractivity contribution is 0.589. The predicted octanol–water partition coefficient (Wildman–Crippen LogP) is 3.94. The Balaban J connectivity index is 1.94. The van der Waals surface area contributed by atoms with Crippen molar-refractivity contribution in [1.82, 2.24) is 8.96 Å². The molecule has 0 saturated carbocycles. The number of hydrogen-bond donors (Lipinski definition) is 0. The van der Waals surface area contributed by atoms with Crippen LogP contribution in [0.3, 0.4) is 0 Å². The van der Waals surface area contributed by atoms with Gasteiger partial charge >= 0.3 is 0 Å². The topological polar surface area (TPSA) is 52.0 Å².